The number of carbonyl (C=O) groups is 1. The van der Waals surface area contributed by atoms with Crippen LogP contribution in [0.15, 0.2) is 51.8 Å². The summed E-state index contributed by atoms with van der Waals surface area (Å²) in [4.78, 5) is 16.8. The number of aromatic nitrogens is 1. The number of ether oxygens (including phenoxy) is 1. The second-order valence-corrected chi connectivity index (χ2v) is 10.4. The van der Waals surface area contributed by atoms with Crippen LogP contribution in [0, 0.1) is 0 Å². The van der Waals surface area contributed by atoms with Gasteiger partial charge >= 0.3 is 0 Å². The van der Waals surface area contributed by atoms with Gasteiger partial charge in [0.25, 0.3) is 5.91 Å². The number of rotatable bonds is 6. The maximum atomic E-state index is 12.7. The molecule has 1 saturated heterocycles. The second-order valence-electron chi connectivity index (χ2n) is 6.55. The molecular weight excluding hydrogens is 478 g/mol. The number of fused-ring (bicyclic) bond motifs is 1. The molecule has 0 unspecified atom stereocenters. The summed E-state index contributed by atoms with van der Waals surface area (Å²) >= 11 is 4.57. The zero-order valence-corrected chi connectivity index (χ0v) is 18.5. The molecule has 0 bridgehead atoms. The number of amides is 1. The summed E-state index contributed by atoms with van der Waals surface area (Å²) in [7, 11) is -3.48. The van der Waals surface area contributed by atoms with Gasteiger partial charge in [0.15, 0.2) is 11.7 Å². The van der Waals surface area contributed by atoms with Crippen molar-refractivity contribution in [3.8, 4) is 5.75 Å². The number of carbonyl (C=O) groups excluding carboxylic acids is 1. The summed E-state index contributed by atoms with van der Waals surface area (Å²) in [6.45, 7) is 0.970. The summed E-state index contributed by atoms with van der Waals surface area (Å²) in [6.07, 6.45) is 1.78. The Balaban J connectivity index is 1.44. The molecule has 29 heavy (non-hydrogen) atoms. The summed E-state index contributed by atoms with van der Waals surface area (Å²) in [5.41, 5.74) is 0.638. The van der Waals surface area contributed by atoms with E-state index in [0.29, 0.717) is 34.2 Å². The highest BCUT2D eigenvalue weighted by Crippen LogP contribution is 2.30. The van der Waals surface area contributed by atoms with Gasteiger partial charge in [0.2, 0.25) is 10.0 Å². The fourth-order valence-corrected chi connectivity index (χ4v) is 5.84. The number of anilines is 1. The Morgan fingerprint density at radius 3 is 2.62 bits per heavy atom. The lowest BCUT2D eigenvalue weighted by molar-refractivity contribution is -0.118. The number of sulfonamides is 1. The van der Waals surface area contributed by atoms with E-state index in [2.05, 4.69) is 26.2 Å². The molecule has 0 saturated carbocycles. The summed E-state index contributed by atoms with van der Waals surface area (Å²) in [6, 6.07) is 12.0. The first-order chi connectivity index (χ1) is 13.9. The third-order valence-corrected chi connectivity index (χ3v) is 7.85. The summed E-state index contributed by atoms with van der Waals surface area (Å²) < 4.78 is 34.0. The van der Waals surface area contributed by atoms with E-state index in [1.165, 1.54) is 15.6 Å². The molecule has 1 aromatic heterocycles. The molecule has 1 aliphatic rings. The predicted octanol–water partition coefficient (Wildman–Crippen LogP) is 3.86. The molecule has 3 aromatic rings. The Labute approximate surface area is 180 Å². The van der Waals surface area contributed by atoms with Gasteiger partial charge in [-0.15, -0.1) is 0 Å². The van der Waals surface area contributed by atoms with Crippen LogP contribution in [-0.4, -0.2) is 43.3 Å². The first-order valence-electron chi connectivity index (χ1n) is 9.01. The summed E-state index contributed by atoms with van der Waals surface area (Å²) in [5, 5.41) is 3.10. The van der Waals surface area contributed by atoms with Gasteiger partial charge in [0.1, 0.15) is 5.75 Å². The molecule has 1 N–H and O–H groups in total. The minimum atomic E-state index is -3.48. The molecule has 0 spiro atoms. The second kappa shape index (κ2) is 8.39. The van der Waals surface area contributed by atoms with E-state index in [-0.39, 0.29) is 17.4 Å². The van der Waals surface area contributed by atoms with Crippen LogP contribution in [-0.2, 0) is 14.8 Å². The minimum absolute atomic E-state index is 0.147. The third-order valence-electron chi connectivity index (χ3n) is 4.49. The predicted molar refractivity (Wildman–Crippen MR) is 116 cm³/mol. The average Bonchev–Trinajstić information content (AvgIpc) is 3.37. The van der Waals surface area contributed by atoms with Crippen LogP contribution in [0.5, 0.6) is 5.75 Å². The van der Waals surface area contributed by atoms with Gasteiger partial charge in [-0.1, -0.05) is 27.3 Å². The van der Waals surface area contributed by atoms with E-state index < -0.39 is 10.0 Å². The highest BCUT2D eigenvalue weighted by atomic mass is 79.9. The standard InChI is InChI=1S/C19H18BrN3O4S2/c20-13-3-5-14(6-4-13)27-12-18(24)22-19-21-16-8-7-15(11-17(16)28-19)29(25,26)23-9-1-2-10-23/h3-8,11H,1-2,9-10,12H2,(H,21,22,24). The molecule has 0 atom stereocenters. The van der Waals surface area contributed by atoms with E-state index >= 15 is 0 Å². The smallest absolute Gasteiger partial charge is 0.264 e. The Morgan fingerprint density at radius 2 is 1.90 bits per heavy atom. The lowest BCUT2D eigenvalue weighted by Gasteiger charge is -2.15. The Kier molecular flexibility index (Phi) is 5.86. The molecule has 1 amide bonds. The van der Waals surface area contributed by atoms with E-state index in [9.17, 15) is 13.2 Å². The molecule has 1 aliphatic heterocycles. The maximum absolute atomic E-state index is 12.7. The molecule has 152 valence electrons. The van der Waals surface area contributed by atoms with Crippen molar-refractivity contribution in [3.63, 3.8) is 0 Å². The summed E-state index contributed by atoms with van der Waals surface area (Å²) in [5.74, 6) is 0.251. The average molecular weight is 496 g/mol. The molecular formula is C19H18BrN3O4S2. The van der Waals surface area contributed by atoms with Crippen LogP contribution in [0.3, 0.4) is 0 Å². The number of benzene rings is 2. The van der Waals surface area contributed by atoms with Gasteiger partial charge < -0.3 is 4.74 Å². The highest BCUT2D eigenvalue weighted by molar-refractivity contribution is 9.10. The fourth-order valence-electron chi connectivity index (χ4n) is 3.03. The minimum Gasteiger partial charge on any atom is -0.484 e. The van der Waals surface area contributed by atoms with Crippen molar-refractivity contribution in [1.82, 2.24) is 9.29 Å². The normalized spacial score (nSPS) is 14.9. The quantitative estimate of drug-likeness (QED) is 0.560. The maximum Gasteiger partial charge on any atom is 0.264 e. The van der Waals surface area contributed by atoms with Crippen molar-refractivity contribution in [3.05, 3.63) is 46.9 Å². The van der Waals surface area contributed by atoms with Crippen LogP contribution in [0.2, 0.25) is 0 Å². The van der Waals surface area contributed by atoms with Crippen molar-refractivity contribution in [1.29, 1.82) is 0 Å². The lowest BCUT2D eigenvalue weighted by atomic mass is 10.3. The Hall–Kier alpha value is -2.01. The van der Waals surface area contributed by atoms with Crippen molar-refractivity contribution >= 4 is 58.5 Å². The molecule has 4 rings (SSSR count). The van der Waals surface area contributed by atoms with Crippen molar-refractivity contribution in [2.75, 3.05) is 25.0 Å². The number of hydrogen-bond acceptors (Lipinski definition) is 6. The molecule has 7 nitrogen and oxygen atoms in total. The molecule has 2 heterocycles. The zero-order chi connectivity index (χ0) is 20.4. The monoisotopic (exact) mass is 495 g/mol. The zero-order valence-electron chi connectivity index (χ0n) is 15.3. The van der Waals surface area contributed by atoms with Crippen molar-refractivity contribution in [2.24, 2.45) is 0 Å². The number of nitrogens with zero attached hydrogens (tertiary/aromatic N) is 2. The largest absolute Gasteiger partial charge is 0.484 e. The van der Waals surface area contributed by atoms with Gasteiger partial charge in [0, 0.05) is 17.6 Å². The van der Waals surface area contributed by atoms with Gasteiger partial charge in [0.05, 0.1) is 15.1 Å². The van der Waals surface area contributed by atoms with Gasteiger partial charge in [-0.3, -0.25) is 10.1 Å². The number of nitrogens with one attached hydrogen (secondary N) is 1. The van der Waals surface area contributed by atoms with Crippen LogP contribution >= 0.6 is 27.3 Å². The first-order valence-corrected chi connectivity index (χ1v) is 12.1. The van der Waals surface area contributed by atoms with Crippen molar-refractivity contribution in [2.45, 2.75) is 17.7 Å². The molecule has 0 aliphatic carbocycles. The Bertz CT molecular complexity index is 1140. The SMILES string of the molecule is O=C(COc1ccc(Br)cc1)Nc1nc2ccc(S(=O)(=O)N3CCCC3)cc2s1. The lowest BCUT2D eigenvalue weighted by Crippen LogP contribution is -2.27. The van der Waals surface area contributed by atoms with E-state index in [0.717, 1.165) is 17.3 Å². The highest BCUT2D eigenvalue weighted by Gasteiger charge is 2.27. The number of hydrogen-bond donors (Lipinski definition) is 1. The fraction of sp³-hybridized carbons (Fsp3) is 0.263. The van der Waals surface area contributed by atoms with Crippen LogP contribution in [0.4, 0.5) is 5.13 Å². The van der Waals surface area contributed by atoms with Gasteiger partial charge in [-0.05, 0) is 55.3 Å². The first kappa shape index (κ1) is 20.3. The van der Waals surface area contributed by atoms with Crippen LogP contribution in [0.25, 0.3) is 10.2 Å². The van der Waals surface area contributed by atoms with E-state index in [1.807, 2.05) is 12.1 Å². The van der Waals surface area contributed by atoms with Crippen LogP contribution in [0.1, 0.15) is 12.8 Å². The molecule has 2 aromatic carbocycles. The number of halogens is 1. The van der Waals surface area contributed by atoms with Gasteiger partial charge in [-0.2, -0.15) is 4.31 Å². The molecule has 0 radical (unpaired) electrons. The van der Waals surface area contributed by atoms with Crippen LogP contribution < -0.4 is 10.1 Å². The topological polar surface area (TPSA) is 88.6 Å². The third kappa shape index (κ3) is 4.61. The Morgan fingerprint density at radius 1 is 1.17 bits per heavy atom. The number of thiazole rings is 1. The van der Waals surface area contributed by atoms with E-state index in [4.69, 9.17) is 4.74 Å². The van der Waals surface area contributed by atoms with Crippen molar-refractivity contribution < 1.29 is 17.9 Å². The molecule has 1 fully saturated rings. The van der Waals surface area contributed by atoms with E-state index in [1.54, 1.807) is 30.3 Å². The molecule has 10 heteroatoms. The van der Waals surface area contributed by atoms with Gasteiger partial charge in [-0.25, -0.2) is 13.4 Å².